The first kappa shape index (κ1) is 21.6. The third-order valence-electron chi connectivity index (χ3n) is 6.35. The van der Waals surface area contributed by atoms with E-state index >= 15 is 0 Å². The van der Waals surface area contributed by atoms with Crippen molar-refractivity contribution in [3.8, 4) is 5.88 Å². The molecule has 1 amide bonds. The Bertz CT molecular complexity index is 1010. The monoisotopic (exact) mass is 443 g/mol. The Morgan fingerprint density at radius 3 is 2.21 bits per heavy atom. The van der Waals surface area contributed by atoms with E-state index in [0.29, 0.717) is 37.7 Å². The van der Waals surface area contributed by atoms with Crippen molar-refractivity contribution in [1.82, 2.24) is 14.8 Å². The summed E-state index contributed by atoms with van der Waals surface area (Å²) in [6.07, 6.45) is 2.51. The second-order valence-corrected chi connectivity index (χ2v) is 8.54. The highest BCUT2D eigenvalue weighted by molar-refractivity contribution is 5.94. The van der Waals surface area contributed by atoms with Crippen molar-refractivity contribution in [2.24, 2.45) is 0 Å². The molecule has 2 fully saturated rings. The van der Waals surface area contributed by atoms with Gasteiger partial charge in [-0.3, -0.25) is 9.69 Å². The molecule has 3 heterocycles. The molecule has 3 aromatic rings. The highest BCUT2D eigenvalue weighted by Crippen LogP contribution is 2.29. The van der Waals surface area contributed by atoms with Crippen LogP contribution in [-0.2, 0) is 4.74 Å². The first-order valence-electron chi connectivity index (χ1n) is 11.6. The summed E-state index contributed by atoms with van der Waals surface area (Å²) in [5, 5.41) is 0. The molecule has 33 heavy (non-hydrogen) atoms. The van der Waals surface area contributed by atoms with Gasteiger partial charge >= 0.3 is 0 Å². The SMILES string of the molecule is O=C(c1ccnc(OC2CCOC2)c1)N1CCN(C(c2ccccc2)c2ccccc2)CC1. The number of hydrogen-bond donors (Lipinski definition) is 0. The number of carbonyl (C=O) groups is 1. The number of ether oxygens (including phenoxy) is 2. The Morgan fingerprint density at radius 2 is 1.61 bits per heavy atom. The van der Waals surface area contributed by atoms with Gasteiger partial charge in [0.25, 0.3) is 5.91 Å². The Kier molecular flexibility index (Phi) is 6.65. The minimum atomic E-state index is 0.0132. The van der Waals surface area contributed by atoms with Crippen LogP contribution in [0.15, 0.2) is 79.0 Å². The number of pyridine rings is 1. The van der Waals surface area contributed by atoms with Gasteiger partial charge in [-0.05, 0) is 17.2 Å². The normalized spacial score (nSPS) is 19.1. The summed E-state index contributed by atoms with van der Waals surface area (Å²) in [5.74, 6) is 0.517. The van der Waals surface area contributed by atoms with Gasteiger partial charge in [0.05, 0.1) is 19.3 Å². The summed E-state index contributed by atoms with van der Waals surface area (Å²) >= 11 is 0. The molecule has 2 aliphatic rings. The molecule has 6 nitrogen and oxygen atoms in total. The fourth-order valence-electron chi connectivity index (χ4n) is 4.63. The van der Waals surface area contributed by atoms with E-state index in [4.69, 9.17) is 9.47 Å². The highest BCUT2D eigenvalue weighted by atomic mass is 16.5. The first-order chi connectivity index (χ1) is 16.3. The smallest absolute Gasteiger partial charge is 0.254 e. The van der Waals surface area contributed by atoms with Crippen LogP contribution >= 0.6 is 0 Å². The summed E-state index contributed by atoms with van der Waals surface area (Å²) in [4.78, 5) is 21.9. The van der Waals surface area contributed by atoms with Crippen LogP contribution in [0.2, 0.25) is 0 Å². The average Bonchev–Trinajstić information content (AvgIpc) is 3.39. The van der Waals surface area contributed by atoms with Crippen molar-refractivity contribution in [2.45, 2.75) is 18.6 Å². The van der Waals surface area contributed by atoms with Gasteiger partial charge in [-0.2, -0.15) is 0 Å². The van der Waals surface area contributed by atoms with Crippen molar-refractivity contribution in [3.63, 3.8) is 0 Å². The van der Waals surface area contributed by atoms with Crippen LogP contribution in [0.3, 0.4) is 0 Å². The fourth-order valence-corrected chi connectivity index (χ4v) is 4.63. The van der Waals surface area contributed by atoms with Gasteiger partial charge in [-0.15, -0.1) is 0 Å². The maximum atomic E-state index is 13.2. The lowest BCUT2D eigenvalue weighted by Crippen LogP contribution is -2.49. The molecule has 0 N–H and O–H groups in total. The quantitative estimate of drug-likeness (QED) is 0.580. The van der Waals surface area contributed by atoms with E-state index in [-0.39, 0.29) is 18.1 Å². The van der Waals surface area contributed by atoms with Crippen LogP contribution in [0.4, 0.5) is 0 Å². The number of benzene rings is 2. The van der Waals surface area contributed by atoms with Crippen molar-refractivity contribution in [1.29, 1.82) is 0 Å². The third-order valence-corrected chi connectivity index (χ3v) is 6.35. The highest BCUT2D eigenvalue weighted by Gasteiger charge is 2.29. The summed E-state index contributed by atoms with van der Waals surface area (Å²) in [7, 11) is 0. The second-order valence-electron chi connectivity index (χ2n) is 8.54. The topological polar surface area (TPSA) is 54.9 Å². The van der Waals surface area contributed by atoms with Crippen LogP contribution in [0.1, 0.15) is 33.9 Å². The summed E-state index contributed by atoms with van der Waals surface area (Å²) < 4.78 is 11.2. The molecule has 0 saturated carbocycles. The van der Waals surface area contributed by atoms with Crippen molar-refractivity contribution in [2.75, 3.05) is 39.4 Å². The van der Waals surface area contributed by atoms with E-state index < -0.39 is 0 Å². The molecule has 1 unspecified atom stereocenters. The van der Waals surface area contributed by atoms with Gasteiger partial charge in [0.1, 0.15) is 6.10 Å². The minimum Gasteiger partial charge on any atom is -0.472 e. The van der Waals surface area contributed by atoms with E-state index in [1.807, 2.05) is 4.90 Å². The number of piperazine rings is 1. The van der Waals surface area contributed by atoms with Gasteiger partial charge in [-0.25, -0.2) is 4.98 Å². The molecule has 0 spiro atoms. The molecule has 0 aliphatic carbocycles. The molecule has 170 valence electrons. The number of amides is 1. The third kappa shape index (κ3) is 5.07. The predicted octanol–water partition coefficient (Wildman–Crippen LogP) is 3.80. The maximum absolute atomic E-state index is 13.2. The largest absolute Gasteiger partial charge is 0.472 e. The number of rotatable bonds is 6. The van der Waals surface area contributed by atoms with Crippen LogP contribution in [-0.4, -0.2) is 66.2 Å². The Balaban J connectivity index is 1.26. The Hall–Kier alpha value is -3.22. The molecule has 0 bridgehead atoms. The average molecular weight is 444 g/mol. The van der Waals surface area contributed by atoms with Gasteiger partial charge in [0.15, 0.2) is 0 Å². The van der Waals surface area contributed by atoms with E-state index in [2.05, 4.69) is 70.5 Å². The predicted molar refractivity (Wildman–Crippen MR) is 126 cm³/mol. The maximum Gasteiger partial charge on any atom is 0.254 e. The number of aromatic nitrogens is 1. The molecular formula is C27H29N3O3. The molecule has 2 saturated heterocycles. The molecule has 0 radical (unpaired) electrons. The number of hydrogen-bond acceptors (Lipinski definition) is 5. The summed E-state index contributed by atoms with van der Waals surface area (Å²) in [6.45, 7) is 4.28. The molecule has 2 aliphatic heterocycles. The lowest BCUT2D eigenvalue weighted by molar-refractivity contribution is 0.0596. The number of carbonyl (C=O) groups excluding carboxylic acids is 1. The van der Waals surface area contributed by atoms with Crippen molar-refractivity contribution >= 4 is 5.91 Å². The van der Waals surface area contributed by atoms with Crippen LogP contribution in [0.5, 0.6) is 5.88 Å². The lowest BCUT2D eigenvalue weighted by Gasteiger charge is -2.39. The Morgan fingerprint density at radius 1 is 0.939 bits per heavy atom. The summed E-state index contributed by atoms with van der Waals surface area (Å²) in [5.41, 5.74) is 3.17. The molecule has 6 heteroatoms. The van der Waals surface area contributed by atoms with Crippen LogP contribution in [0, 0.1) is 0 Å². The zero-order chi connectivity index (χ0) is 22.5. The van der Waals surface area contributed by atoms with Crippen molar-refractivity contribution < 1.29 is 14.3 Å². The van der Waals surface area contributed by atoms with Gasteiger partial charge < -0.3 is 14.4 Å². The summed E-state index contributed by atoms with van der Waals surface area (Å²) in [6, 6.07) is 24.9. The van der Waals surface area contributed by atoms with Crippen LogP contribution in [0.25, 0.3) is 0 Å². The Labute approximate surface area is 194 Å². The zero-order valence-electron chi connectivity index (χ0n) is 18.7. The molecule has 5 rings (SSSR count). The van der Waals surface area contributed by atoms with Gasteiger partial charge in [0, 0.05) is 50.4 Å². The fraction of sp³-hybridized carbons (Fsp3) is 0.333. The van der Waals surface area contributed by atoms with Crippen LogP contribution < -0.4 is 4.74 Å². The van der Waals surface area contributed by atoms with E-state index in [9.17, 15) is 4.79 Å². The minimum absolute atomic E-state index is 0.0132. The second kappa shape index (κ2) is 10.1. The molecule has 1 aromatic heterocycles. The van der Waals surface area contributed by atoms with Crippen molar-refractivity contribution in [3.05, 3.63) is 95.7 Å². The van der Waals surface area contributed by atoms with Gasteiger partial charge in [-0.1, -0.05) is 60.7 Å². The van der Waals surface area contributed by atoms with E-state index in [0.717, 1.165) is 19.5 Å². The number of nitrogens with zero attached hydrogens (tertiary/aromatic N) is 3. The van der Waals surface area contributed by atoms with Gasteiger partial charge in [0.2, 0.25) is 5.88 Å². The van der Waals surface area contributed by atoms with E-state index in [1.54, 1.807) is 18.3 Å². The zero-order valence-corrected chi connectivity index (χ0v) is 18.7. The standard InChI is InChI=1S/C27H29N3O3/c31-27(23-11-13-28-25(19-23)33-24-12-18-32-20-24)30-16-14-29(15-17-30)26(21-7-3-1-4-8-21)22-9-5-2-6-10-22/h1-11,13,19,24,26H,12,14-18,20H2. The van der Waals surface area contributed by atoms with E-state index in [1.165, 1.54) is 11.1 Å². The molecule has 2 aromatic carbocycles. The first-order valence-corrected chi connectivity index (χ1v) is 11.6. The molecular weight excluding hydrogens is 414 g/mol. The lowest BCUT2D eigenvalue weighted by atomic mass is 9.96. The molecule has 1 atom stereocenters.